The summed E-state index contributed by atoms with van der Waals surface area (Å²) in [6.45, 7) is 7.85. The summed E-state index contributed by atoms with van der Waals surface area (Å²) >= 11 is 0. The highest BCUT2D eigenvalue weighted by molar-refractivity contribution is 7.84. The van der Waals surface area contributed by atoms with Crippen molar-refractivity contribution in [2.75, 3.05) is 12.0 Å². The highest BCUT2D eigenvalue weighted by Crippen LogP contribution is 1.95. The van der Waals surface area contributed by atoms with E-state index in [1.165, 1.54) is 0 Å². The zero-order valence-corrected chi connectivity index (χ0v) is 8.99. The van der Waals surface area contributed by atoms with Gasteiger partial charge in [-0.3, -0.25) is 4.21 Å². The summed E-state index contributed by atoms with van der Waals surface area (Å²) in [5.41, 5.74) is 0. The normalized spacial score (nSPS) is 18.2. The van der Waals surface area contributed by atoms with Crippen LogP contribution in [-0.4, -0.2) is 28.3 Å². The summed E-state index contributed by atoms with van der Waals surface area (Å²) in [7, 11) is -0.669. The van der Waals surface area contributed by atoms with Crippen LogP contribution in [0, 0.1) is 0 Å². The summed E-state index contributed by atoms with van der Waals surface area (Å²) in [6.07, 6.45) is 4.57. The van der Waals surface area contributed by atoms with Crippen LogP contribution in [0.5, 0.6) is 0 Å². The van der Waals surface area contributed by atoms with E-state index < -0.39 is 10.8 Å². The molecule has 2 nitrogen and oxygen atoms in total. The number of nitrogens with one attached hydrogen (secondary N) is 1. The Labute approximate surface area is 77.9 Å². The third-order valence-electron chi connectivity index (χ3n) is 1.74. The van der Waals surface area contributed by atoms with E-state index in [4.69, 9.17) is 0 Å². The molecule has 0 aromatic rings. The molecule has 3 atom stereocenters. The molecule has 0 aromatic heterocycles. The maximum atomic E-state index is 10.8. The molecule has 12 heavy (non-hydrogen) atoms. The van der Waals surface area contributed by atoms with E-state index in [1.807, 2.05) is 6.08 Å². The van der Waals surface area contributed by atoms with Crippen LogP contribution in [0.2, 0.25) is 0 Å². The Morgan fingerprint density at radius 2 is 2.17 bits per heavy atom. The van der Waals surface area contributed by atoms with Gasteiger partial charge in [-0.05, 0) is 20.3 Å². The van der Waals surface area contributed by atoms with Gasteiger partial charge in [0, 0.05) is 34.9 Å². The molecule has 3 heteroatoms. The average Bonchev–Trinajstić information content (AvgIpc) is 2.00. The summed E-state index contributed by atoms with van der Waals surface area (Å²) in [5.74, 6) is 0.776. The highest BCUT2D eigenvalue weighted by Gasteiger charge is 2.04. The fourth-order valence-electron chi connectivity index (χ4n) is 0.943. The molecule has 0 saturated carbocycles. The van der Waals surface area contributed by atoms with Gasteiger partial charge in [0.25, 0.3) is 0 Å². The molecule has 0 aliphatic carbocycles. The Balaban J connectivity index is 3.51. The highest BCUT2D eigenvalue weighted by atomic mass is 32.2. The molecular formula is C9H19NOS. The van der Waals surface area contributed by atoms with E-state index in [2.05, 4.69) is 25.7 Å². The second-order valence-electron chi connectivity index (χ2n) is 3.16. The summed E-state index contributed by atoms with van der Waals surface area (Å²) in [6, 6.07) is 0.757. The Bertz CT molecular complexity index is 159. The molecule has 0 aliphatic rings. The predicted octanol–water partition coefficient (Wildman–Crippen LogP) is 1.31. The molecule has 0 saturated heterocycles. The van der Waals surface area contributed by atoms with Crippen LogP contribution in [-0.2, 0) is 10.8 Å². The van der Waals surface area contributed by atoms with Gasteiger partial charge in [0.05, 0.1) is 0 Å². The van der Waals surface area contributed by atoms with Gasteiger partial charge in [0.2, 0.25) is 0 Å². The van der Waals surface area contributed by atoms with Crippen molar-refractivity contribution in [3.8, 4) is 0 Å². The SMILES string of the molecule is C=CC(C)NC(C)CCS(C)=O. The molecule has 0 spiro atoms. The van der Waals surface area contributed by atoms with E-state index in [1.54, 1.807) is 6.26 Å². The third kappa shape index (κ3) is 6.55. The van der Waals surface area contributed by atoms with Crippen LogP contribution >= 0.6 is 0 Å². The van der Waals surface area contributed by atoms with E-state index in [-0.39, 0.29) is 0 Å². The van der Waals surface area contributed by atoms with Gasteiger partial charge >= 0.3 is 0 Å². The summed E-state index contributed by atoms with van der Waals surface area (Å²) < 4.78 is 10.8. The Morgan fingerprint density at radius 1 is 1.58 bits per heavy atom. The molecule has 1 N–H and O–H groups in total. The van der Waals surface area contributed by atoms with Gasteiger partial charge in [-0.1, -0.05) is 6.08 Å². The molecule has 3 unspecified atom stereocenters. The van der Waals surface area contributed by atoms with Crippen molar-refractivity contribution in [2.45, 2.75) is 32.4 Å². The first-order chi connectivity index (χ1) is 5.56. The van der Waals surface area contributed by atoms with E-state index >= 15 is 0 Å². The lowest BCUT2D eigenvalue weighted by Crippen LogP contribution is -2.33. The maximum absolute atomic E-state index is 10.8. The first-order valence-corrected chi connectivity index (χ1v) is 5.97. The first kappa shape index (κ1) is 11.8. The lowest BCUT2D eigenvalue weighted by molar-refractivity contribution is 0.505. The minimum Gasteiger partial charge on any atom is -0.308 e. The van der Waals surface area contributed by atoms with Gasteiger partial charge < -0.3 is 5.32 Å². The number of hydrogen-bond donors (Lipinski definition) is 1. The standard InChI is InChI=1S/C9H19NOS/c1-5-8(2)10-9(3)6-7-12(4)11/h5,8-10H,1,6-7H2,2-4H3. The zero-order chi connectivity index (χ0) is 9.56. The first-order valence-electron chi connectivity index (χ1n) is 4.25. The molecule has 0 aromatic carbocycles. The number of rotatable bonds is 6. The monoisotopic (exact) mass is 189 g/mol. The topological polar surface area (TPSA) is 29.1 Å². The minimum absolute atomic E-state index is 0.338. The van der Waals surface area contributed by atoms with Gasteiger partial charge in [-0.25, -0.2) is 0 Å². The molecule has 0 bridgehead atoms. The quantitative estimate of drug-likeness (QED) is 0.638. The Morgan fingerprint density at radius 3 is 2.58 bits per heavy atom. The Kier molecular flexibility index (Phi) is 6.30. The lowest BCUT2D eigenvalue weighted by Gasteiger charge is -2.16. The molecule has 0 radical (unpaired) electrons. The largest absolute Gasteiger partial charge is 0.308 e. The molecule has 0 rings (SSSR count). The van der Waals surface area contributed by atoms with Crippen molar-refractivity contribution < 1.29 is 4.21 Å². The van der Waals surface area contributed by atoms with Crippen LogP contribution in [0.15, 0.2) is 12.7 Å². The average molecular weight is 189 g/mol. The second kappa shape index (κ2) is 6.38. The Hall–Kier alpha value is -0.150. The fraction of sp³-hybridized carbons (Fsp3) is 0.778. The fourth-order valence-corrected chi connectivity index (χ4v) is 1.63. The van der Waals surface area contributed by atoms with Crippen molar-refractivity contribution >= 4 is 10.8 Å². The molecule has 0 aliphatic heterocycles. The van der Waals surface area contributed by atoms with Gasteiger partial charge in [0.1, 0.15) is 0 Å². The molecule has 0 amide bonds. The number of hydrogen-bond acceptors (Lipinski definition) is 2. The maximum Gasteiger partial charge on any atom is 0.0246 e. The van der Waals surface area contributed by atoms with E-state index in [9.17, 15) is 4.21 Å². The van der Waals surface area contributed by atoms with Crippen LogP contribution in [0.4, 0.5) is 0 Å². The van der Waals surface area contributed by atoms with Crippen molar-refractivity contribution in [3.05, 3.63) is 12.7 Å². The van der Waals surface area contributed by atoms with Crippen LogP contribution < -0.4 is 5.32 Å². The summed E-state index contributed by atoms with van der Waals surface area (Å²) in [5, 5.41) is 3.33. The minimum atomic E-state index is -0.669. The molecule has 72 valence electrons. The van der Waals surface area contributed by atoms with Crippen molar-refractivity contribution in [1.29, 1.82) is 0 Å². The van der Waals surface area contributed by atoms with Crippen molar-refractivity contribution in [3.63, 3.8) is 0 Å². The van der Waals surface area contributed by atoms with Crippen molar-refractivity contribution in [2.24, 2.45) is 0 Å². The predicted molar refractivity (Wildman–Crippen MR) is 55.8 cm³/mol. The summed E-state index contributed by atoms with van der Waals surface area (Å²) in [4.78, 5) is 0. The van der Waals surface area contributed by atoms with Gasteiger partial charge in [-0.2, -0.15) is 0 Å². The zero-order valence-electron chi connectivity index (χ0n) is 8.17. The van der Waals surface area contributed by atoms with Crippen LogP contribution in [0.25, 0.3) is 0 Å². The third-order valence-corrected chi connectivity index (χ3v) is 2.55. The molecular weight excluding hydrogens is 170 g/mol. The second-order valence-corrected chi connectivity index (χ2v) is 4.71. The molecule has 0 fully saturated rings. The van der Waals surface area contributed by atoms with Crippen molar-refractivity contribution in [1.82, 2.24) is 5.32 Å². The lowest BCUT2D eigenvalue weighted by atomic mass is 10.2. The van der Waals surface area contributed by atoms with Crippen LogP contribution in [0.1, 0.15) is 20.3 Å². The van der Waals surface area contributed by atoms with E-state index in [0.717, 1.165) is 12.2 Å². The van der Waals surface area contributed by atoms with Crippen LogP contribution in [0.3, 0.4) is 0 Å². The van der Waals surface area contributed by atoms with E-state index in [0.29, 0.717) is 12.1 Å². The van der Waals surface area contributed by atoms with Gasteiger partial charge in [0.15, 0.2) is 0 Å². The smallest absolute Gasteiger partial charge is 0.0246 e. The van der Waals surface area contributed by atoms with Gasteiger partial charge in [-0.15, -0.1) is 6.58 Å². The molecule has 0 heterocycles.